The molecule has 1 aromatic heterocycles. The van der Waals surface area contributed by atoms with Crippen LogP contribution in [0.3, 0.4) is 0 Å². The van der Waals surface area contributed by atoms with Crippen molar-refractivity contribution in [1.82, 2.24) is 4.98 Å². The number of rotatable bonds is 7. The highest BCUT2D eigenvalue weighted by Gasteiger charge is 2.33. The summed E-state index contributed by atoms with van der Waals surface area (Å²) in [6.45, 7) is 2.28. The van der Waals surface area contributed by atoms with E-state index in [0.717, 1.165) is 25.7 Å². The number of nitrogens with zero attached hydrogens (tertiary/aromatic N) is 1. The van der Waals surface area contributed by atoms with Crippen LogP contribution in [0.5, 0.6) is 0 Å². The number of hydrogen-bond donors (Lipinski definition) is 0. The zero-order chi connectivity index (χ0) is 16.7. The van der Waals surface area contributed by atoms with Gasteiger partial charge in [-0.25, -0.2) is 0 Å². The van der Waals surface area contributed by atoms with Crippen molar-refractivity contribution < 1.29 is 0 Å². The fourth-order valence-corrected chi connectivity index (χ4v) is 3.62. The third-order valence-corrected chi connectivity index (χ3v) is 5.00. The number of benzene rings is 2. The monoisotopic (exact) mass is 315 g/mol. The third kappa shape index (κ3) is 3.56. The van der Waals surface area contributed by atoms with Crippen LogP contribution < -0.4 is 0 Å². The van der Waals surface area contributed by atoms with Gasteiger partial charge >= 0.3 is 0 Å². The Morgan fingerprint density at radius 1 is 0.792 bits per heavy atom. The van der Waals surface area contributed by atoms with Crippen LogP contribution in [0, 0.1) is 0 Å². The fraction of sp³-hybridized carbons (Fsp3) is 0.261. The van der Waals surface area contributed by atoms with E-state index < -0.39 is 0 Å². The highest BCUT2D eigenvalue weighted by molar-refractivity contribution is 5.35. The van der Waals surface area contributed by atoms with E-state index in [9.17, 15) is 0 Å². The van der Waals surface area contributed by atoms with Crippen LogP contribution in [0.2, 0.25) is 0 Å². The average Bonchev–Trinajstić information content (AvgIpc) is 2.68. The van der Waals surface area contributed by atoms with Crippen molar-refractivity contribution in [2.45, 2.75) is 38.0 Å². The molecule has 0 N–H and O–H groups in total. The molecule has 0 aliphatic rings. The standard InChI is InChI=1S/C23H25N/c1-2-23(21-15-7-4-8-16-21,22-17-9-10-19-24-22)18-11-14-20-12-5-3-6-13-20/h3-10,12-13,15-17,19H,2,11,14,18H2,1H3. The maximum absolute atomic E-state index is 4.72. The number of aromatic nitrogens is 1. The van der Waals surface area contributed by atoms with Gasteiger partial charge in [0.1, 0.15) is 0 Å². The summed E-state index contributed by atoms with van der Waals surface area (Å²) in [5.41, 5.74) is 3.97. The van der Waals surface area contributed by atoms with Crippen LogP contribution >= 0.6 is 0 Å². The summed E-state index contributed by atoms with van der Waals surface area (Å²) in [5, 5.41) is 0. The highest BCUT2D eigenvalue weighted by Crippen LogP contribution is 2.39. The summed E-state index contributed by atoms with van der Waals surface area (Å²) >= 11 is 0. The minimum atomic E-state index is -0.00268. The molecule has 0 aliphatic carbocycles. The Hall–Kier alpha value is -2.41. The maximum Gasteiger partial charge on any atom is 0.0509 e. The smallest absolute Gasteiger partial charge is 0.0509 e. The summed E-state index contributed by atoms with van der Waals surface area (Å²) in [5.74, 6) is 0. The van der Waals surface area contributed by atoms with Gasteiger partial charge in [0.05, 0.1) is 5.69 Å². The van der Waals surface area contributed by atoms with E-state index >= 15 is 0 Å². The molecule has 0 saturated heterocycles. The first-order chi connectivity index (χ1) is 11.8. The first-order valence-electron chi connectivity index (χ1n) is 8.86. The molecule has 0 fully saturated rings. The highest BCUT2D eigenvalue weighted by atomic mass is 14.7. The van der Waals surface area contributed by atoms with Crippen molar-refractivity contribution in [3.8, 4) is 0 Å². The average molecular weight is 315 g/mol. The van der Waals surface area contributed by atoms with E-state index in [1.807, 2.05) is 12.3 Å². The maximum atomic E-state index is 4.72. The van der Waals surface area contributed by atoms with Gasteiger partial charge in [-0.05, 0) is 48.9 Å². The fourth-order valence-electron chi connectivity index (χ4n) is 3.62. The van der Waals surface area contributed by atoms with Crippen LogP contribution in [-0.4, -0.2) is 4.98 Å². The lowest BCUT2D eigenvalue weighted by atomic mass is 9.71. The summed E-state index contributed by atoms with van der Waals surface area (Å²) in [6.07, 6.45) is 6.35. The molecule has 1 unspecified atom stereocenters. The van der Waals surface area contributed by atoms with Gasteiger partial charge in [-0.1, -0.05) is 73.7 Å². The Labute approximate surface area is 145 Å². The van der Waals surface area contributed by atoms with Crippen LogP contribution in [0.1, 0.15) is 43.0 Å². The van der Waals surface area contributed by atoms with E-state index in [0.29, 0.717) is 0 Å². The lowest BCUT2D eigenvalue weighted by Crippen LogP contribution is -2.28. The molecule has 24 heavy (non-hydrogen) atoms. The van der Waals surface area contributed by atoms with Crippen LogP contribution in [0.4, 0.5) is 0 Å². The zero-order valence-corrected chi connectivity index (χ0v) is 14.4. The first-order valence-corrected chi connectivity index (χ1v) is 8.86. The Bertz CT molecular complexity index is 680. The van der Waals surface area contributed by atoms with Crippen molar-refractivity contribution in [3.63, 3.8) is 0 Å². The summed E-state index contributed by atoms with van der Waals surface area (Å²) < 4.78 is 0. The zero-order valence-electron chi connectivity index (χ0n) is 14.4. The molecule has 0 bridgehead atoms. The molecule has 0 spiro atoms. The predicted octanol–water partition coefficient (Wildman–Crippen LogP) is 5.80. The molecule has 0 aliphatic heterocycles. The predicted molar refractivity (Wildman–Crippen MR) is 101 cm³/mol. The quantitative estimate of drug-likeness (QED) is 0.537. The molecule has 0 saturated carbocycles. The SMILES string of the molecule is CCC(CCCc1ccccc1)(c1ccccc1)c1ccccn1. The van der Waals surface area contributed by atoms with Gasteiger partial charge < -0.3 is 0 Å². The van der Waals surface area contributed by atoms with Crippen molar-refractivity contribution in [2.75, 3.05) is 0 Å². The molecule has 3 rings (SSSR count). The molecule has 1 heteroatoms. The summed E-state index contributed by atoms with van der Waals surface area (Å²) in [4.78, 5) is 4.72. The molecule has 3 aromatic rings. The topological polar surface area (TPSA) is 12.9 Å². The van der Waals surface area contributed by atoms with Crippen molar-refractivity contribution in [1.29, 1.82) is 0 Å². The second kappa shape index (κ2) is 7.92. The van der Waals surface area contributed by atoms with Crippen LogP contribution in [0.25, 0.3) is 0 Å². The van der Waals surface area contributed by atoms with E-state index in [1.165, 1.54) is 16.8 Å². The Balaban J connectivity index is 1.87. The molecule has 1 nitrogen and oxygen atoms in total. The number of aryl methyl sites for hydroxylation is 1. The minimum absolute atomic E-state index is 0.00268. The lowest BCUT2D eigenvalue weighted by Gasteiger charge is -2.33. The minimum Gasteiger partial charge on any atom is -0.260 e. The third-order valence-electron chi connectivity index (χ3n) is 5.00. The second-order valence-corrected chi connectivity index (χ2v) is 6.36. The summed E-state index contributed by atoms with van der Waals surface area (Å²) in [7, 11) is 0. The van der Waals surface area contributed by atoms with Gasteiger partial charge in [0, 0.05) is 11.6 Å². The number of pyridine rings is 1. The van der Waals surface area contributed by atoms with Crippen molar-refractivity contribution in [2.24, 2.45) is 0 Å². The molecule has 0 amide bonds. The van der Waals surface area contributed by atoms with E-state index in [1.54, 1.807) is 0 Å². The van der Waals surface area contributed by atoms with Gasteiger partial charge in [0.2, 0.25) is 0 Å². The molecule has 0 radical (unpaired) electrons. The molecule has 1 atom stereocenters. The Morgan fingerprint density at radius 2 is 1.46 bits per heavy atom. The first kappa shape index (κ1) is 16.4. The van der Waals surface area contributed by atoms with Gasteiger partial charge in [-0.2, -0.15) is 0 Å². The largest absolute Gasteiger partial charge is 0.260 e. The lowest BCUT2D eigenvalue weighted by molar-refractivity contribution is 0.429. The van der Waals surface area contributed by atoms with Gasteiger partial charge in [0.15, 0.2) is 0 Å². The molecule has 1 heterocycles. The molecular weight excluding hydrogens is 290 g/mol. The number of hydrogen-bond acceptors (Lipinski definition) is 1. The normalized spacial score (nSPS) is 13.4. The van der Waals surface area contributed by atoms with E-state index in [2.05, 4.69) is 79.7 Å². The van der Waals surface area contributed by atoms with Gasteiger partial charge in [0.25, 0.3) is 0 Å². The van der Waals surface area contributed by atoms with Crippen molar-refractivity contribution in [3.05, 3.63) is 102 Å². The molecular formula is C23H25N. The van der Waals surface area contributed by atoms with E-state index in [-0.39, 0.29) is 5.41 Å². The Morgan fingerprint density at radius 3 is 2.08 bits per heavy atom. The van der Waals surface area contributed by atoms with Gasteiger partial charge in [-0.3, -0.25) is 4.98 Å². The Kier molecular flexibility index (Phi) is 5.43. The second-order valence-electron chi connectivity index (χ2n) is 6.36. The molecule has 122 valence electrons. The van der Waals surface area contributed by atoms with Crippen LogP contribution in [0.15, 0.2) is 85.1 Å². The van der Waals surface area contributed by atoms with Crippen molar-refractivity contribution >= 4 is 0 Å². The summed E-state index contributed by atoms with van der Waals surface area (Å²) in [6, 6.07) is 27.9. The van der Waals surface area contributed by atoms with Crippen LogP contribution in [-0.2, 0) is 11.8 Å². The molecule has 2 aromatic carbocycles. The van der Waals surface area contributed by atoms with E-state index in [4.69, 9.17) is 4.98 Å². The van der Waals surface area contributed by atoms with Gasteiger partial charge in [-0.15, -0.1) is 0 Å².